The van der Waals surface area contributed by atoms with Gasteiger partial charge in [0, 0.05) is 47.2 Å². The molecule has 1 saturated carbocycles. The van der Waals surface area contributed by atoms with E-state index in [0.29, 0.717) is 29.5 Å². The predicted octanol–water partition coefficient (Wildman–Crippen LogP) is 4.48. The van der Waals surface area contributed by atoms with Crippen molar-refractivity contribution < 1.29 is 18.6 Å². The molecule has 3 aliphatic rings. The molecule has 3 N–H and O–H groups in total. The van der Waals surface area contributed by atoms with Gasteiger partial charge in [-0.1, -0.05) is 0 Å². The van der Waals surface area contributed by atoms with Crippen molar-refractivity contribution in [2.75, 3.05) is 24.2 Å². The summed E-state index contributed by atoms with van der Waals surface area (Å²) in [6, 6.07) is 2.68. The molecule has 7 rings (SSSR count). The number of anilines is 2. The Labute approximate surface area is 239 Å². The molecule has 212 valence electrons. The summed E-state index contributed by atoms with van der Waals surface area (Å²) in [5.74, 6) is -0.798. The normalized spacial score (nSPS) is 25.7. The van der Waals surface area contributed by atoms with Crippen molar-refractivity contribution in [3.8, 4) is 17.3 Å². The van der Waals surface area contributed by atoms with E-state index in [1.54, 1.807) is 6.20 Å². The number of ether oxygens (including phenoxy) is 1. The maximum absolute atomic E-state index is 16.6. The minimum atomic E-state index is -0.617. The van der Waals surface area contributed by atoms with Gasteiger partial charge in [0.1, 0.15) is 16.6 Å². The third-order valence-corrected chi connectivity index (χ3v) is 10.2. The number of aliphatic hydroxyl groups is 1. The van der Waals surface area contributed by atoms with Crippen LogP contribution in [0.5, 0.6) is 0 Å². The molecule has 0 amide bonds. The average Bonchev–Trinajstić information content (AvgIpc) is 3.65. The Morgan fingerprint density at radius 2 is 2.00 bits per heavy atom. The van der Waals surface area contributed by atoms with Gasteiger partial charge in [0.25, 0.3) is 0 Å². The molecule has 4 aromatic rings. The zero-order valence-corrected chi connectivity index (χ0v) is 23.7. The first-order chi connectivity index (χ1) is 19.6. The molecule has 0 radical (unpaired) electrons. The van der Waals surface area contributed by atoms with Gasteiger partial charge in [0.05, 0.1) is 41.0 Å². The van der Waals surface area contributed by atoms with Crippen molar-refractivity contribution in [1.29, 1.82) is 5.26 Å². The zero-order valence-electron chi connectivity index (χ0n) is 22.9. The van der Waals surface area contributed by atoms with E-state index in [1.807, 2.05) is 13.0 Å². The number of thiophene rings is 1. The molecule has 3 aromatic heterocycles. The lowest BCUT2D eigenvalue weighted by atomic mass is 9.76. The number of nitrogens with two attached hydrogens (primary N) is 1. The van der Waals surface area contributed by atoms with Gasteiger partial charge in [0.2, 0.25) is 5.95 Å². The Kier molecular flexibility index (Phi) is 5.96. The van der Waals surface area contributed by atoms with Crippen LogP contribution in [0.25, 0.3) is 32.2 Å². The van der Waals surface area contributed by atoms with Crippen molar-refractivity contribution in [2.45, 2.75) is 70.1 Å². The number of hydrogen-bond donors (Lipinski definition) is 2. The van der Waals surface area contributed by atoms with Gasteiger partial charge in [-0.2, -0.15) is 5.26 Å². The predicted molar refractivity (Wildman–Crippen MR) is 152 cm³/mol. The van der Waals surface area contributed by atoms with Crippen LogP contribution < -0.4 is 10.6 Å². The molecule has 1 aromatic carbocycles. The largest absolute Gasteiger partial charge is 0.390 e. The summed E-state index contributed by atoms with van der Waals surface area (Å²) in [7, 11) is 2.10. The average molecular weight is 578 g/mol. The fraction of sp³-hybridized carbons (Fsp3) is 0.448. The Balaban J connectivity index is 1.33. The highest BCUT2D eigenvalue weighted by molar-refractivity contribution is 7.23. The number of benzene rings is 1. The van der Waals surface area contributed by atoms with Crippen molar-refractivity contribution in [1.82, 2.24) is 19.9 Å². The van der Waals surface area contributed by atoms with E-state index in [4.69, 9.17) is 15.5 Å². The molecule has 41 heavy (non-hydrogen) atoms. The molecule has 9 nitrogen and oxygen atoms in total. The smallest absolute Gasteiger partial charge is 0.226 e. The summed E-state index contributed by atoms with van der Waals surface area (Å²) in [6.07, 6.45) is 5.08. The van der Waals surface area contributed by atoms with Crippen LogP contribution in [0.3, 0.4) is 0 Å². The number of nitrogen functional groups attached to an aromatic ring is 1. The fourth-order valence-electron chi connectivity index (χ4n) is 6.94. The van der Waals surface area contributed by atoms with Gasteiger partial charge in [-0.3, -0.25) is 9.88 Å². The first-order valence-corrected chi connectivity index (χ1v) is 14.5. The van der Waals surface area contributed by atoms with Gasteiger partial charge >= 0.3 is 0 Å². The SMILES string of the molecule is C[C@H]1[C@@H](N(C)C2CC(C)(O)C2)CCN1c1ncc2c3c(c(-c4ncc(F)c5sc(N)c(C#N)c45)c(F)c2n1)COC3. The maximum atomic E-state index is 16.6. The minimum Gasteiger partial charge on any atom is -0.390 e. The Morgan fingerprint density at radius 3 is 2.73 bits per heavy atom. The van der Waals surface area contributed by atoms with E-state index < -0.39 is 17.2 Å². The molecule has 12 heteroatoms. The van der Waals surface area contributed by atoms with Gasteiger partial charge < -0.3 is 20.5 Å². The highest BCUT2D eigenvalue weighted by Crippen LogP contribution is 2.45. The van der Waals surface area contributed by atoms with E-state index in [1.165, 1.54) is 0 Å². The number of likely N-dealkylation sites (N-methyl/N-ethyl adjacent to an activating group) is 1. The molecular weight excluding hydrogens is 548 g/mol. The second kappa shape index (κ2) is 9.25. The Hall–Kier alpha value is -3.50. The molecule has 5 heterocycles. The van der Waals surface area contributed by atoms with Crippen molar-refractivity contribution in [3.05, 3.63) is 40.7 Å². The standard InChI is InChI=1S/C29H29F2N7O2S/c1-13-20(37(3)14-6-29(2,39)7-14)4-5-38(13)28-35-9-16-17-11-40-12-18(17)21(23(31)24(16)36-28)25-22-15(8-32)27(33)41-26(22)19(30)10-34-25/h9-10,13-14,20,39H,4-7,11-12,33H2,1-3H3/t13-,14?,20-,29?/m0/s1. The van der Waals surface area contributed by atoms with E-state index >= 15 is 4.39 Å². The van der Waals surface area contributed by atoms with Crippen LogP contribution >= 0.6 is 11.3 Å². The first kappa shape index (κ1) is 26.4. The lowest BCUT2D eigenvalue weighted by molar-refractivity contribution is -0.0813. The number of nitrogens with zero attached hydrogens (tertiary/aromatic N) is 6. The second-order valence-electron chi connectivity index (χ2n) is 11.7. The topological polar surface area (TPSA) is 124 Å². The molecule has 0 spiro atoms. The van der Waals surface area contributed by atoms with Crippen molar-refractivity contribution in [2.24, 2.45) is 0 Å². The van der Waals surface area contributed by atoms with E-state index in [2.05, 4.69) is 33.7 Å². The molecule has 1 saturated heterocycles. The summed E-state index contributed by atoms with van der Waals surface area (Å²) in [4.78, 5) is 18.1. The third-order valence-electron chi connectivity index (χ3n) is 9.15. The summed E-state index contributed by atoms with van der Waals surface area (Å²) in [6.45, 7) is 5.11. The number of aromatic nitrogens is 3. The van der Waals surface area contributed by atoms with Crippen molar-refractivity contribution >= 4 is 43.3 Å². The van der Waals surface area contributed by atoms with Gasteiger partial charge in [-0.15, -0.1) is 11.3 Å². The van der Waals surface area contributed by atoms with Crippen LogP contribution in [0.4, 0.5) is 19.7 Å². The van der Waals surface area contributed by atoms with E-state index in [0.717, 1.165) is 42.4 Å². The Morgan fingerprint density at radius 1 is 1.24 bits per heavy atom. The molecule has 0 bridgehead atoms. The van der Waals surface area contributed by atoms with Crippen molar-refractivity contribution in [3.63, 3.8) is 0 Å². The monoisotopic (exact) mass is 577 g/mol. The van der Waals surface area contributed by atoms with Crippen LogP contribution in [0.2, 0.25) is 0 Å². The van der Waals surface area contributed by atoms with E-state index in [9.17, 15) is 14.8 Å². The number of hydrogen-bond acceptors (Lipinski definition) is 10. The number of halogens is 2. The van der Waals surface area contributed by atoms with Crippen LogP contribution in [0.15, 0.2) is 12.4 Å². The van der Waals surface area contributed by atoms with Crippen LogP contribution in [0.1, 0.15) is 49.8 Å². The summed E-state index contributed by atoms with van der Waals surface area (Å²) < 4.78 is 37.3. The molecule has 2 fully saturated rings. The van der Waals surface area contributed by atoms with Gasteiger partial charge in [-0.25, -0.2) is 18.7 Å². The lowest BCUT2D eigenvalue weighted by Gasteiger charge is -2.48. The van der Waals surface area contributed by atoms with Crippen LogP contribution in [-0.2, 0) is 18.0 Å². The van der Waals surface area contributed by atoms with Gasteiger partial charge in [-0.05, 0) is 51.3 Å². The minimum absolute atomic E-state index is 0.0775. The van der Waals surface area contributed by atoms with Gasteiger partial charge in [0.15, 0.2) is 11.6 Å². The molecule has 2 atom stereocenters. The molecule has 1 aliphatic carbocycles. The summed E-state index contributed by atoms with van der Waals surface area (Å²) in [5.41, 5.74) is 7.30. The Bertz CT molecular complexity index is 1780. The lowest BCUT2D eigenvalue weighted by Crippen LogP contribution is -2.57. The molecular formula is C29H29F2N7O2S. The number of rotatable bonds is 4. The number of pyridine rings is 1. The second-order valence-corrected chi connectivity index (χ2v) is 12.7. The van der Waals surface area contributed by atoms with Crippen LogP contribution in [0, 0.1) is 23.0 Å². The number of fused-ring (bicyclic) bond motifs is 4. The summed E-state index contributed by atoms with van der Waals surface area (Å²) in [5, 5.41) is 20.9. The first-order valence-electron chi connectivity index (χ1n) is 13.6. The zero-order chi connectivity index (χ0) is 28.8. The highest BCUT2D eigenvalue weighted by Gasteiger charge is 2.45. The van der Waals surface area contributed by atoms with E-state index in [-0.39, 0.29) is 62.7 Å². The van der Waals surface area contributed by atoms with Crippen LogP contribution in [-0.4, -0.2) is 62.3 Å². The maximum Gasteiger partial charge on any atom is 0.226 e. The fourth-order valence-corrected chi connectivity index (χ4v) is 7.86. The summed E-state index contributed by atoms with van der Waals surface area (Å²) >= 11 is 0.947. The number of nitriles is 1. The molecule has 2 aliphatic heterocycles. The third kappa shape index (κ3) is 3.90. The highest BCUT2D eigenvalue weighted by atomic mass is 32.1. The molecule has 0 unspecified atom stereocenters. The quantitative estimate of drug-likeness (QED) is 0.361.